The van der Waals surface area contributed by atoms with Crippen molar-refractivity contribution < 1.29 is 9.94 Å². The summed E-state index contributed by atoms with van der Waals surface area (Å²) in [5.74, 6) is 1.35. The molecule has 2 rings (SSSR count). The molecule has 1 heterocycles. The number of ether oxygens (including phenoxy) is 1. The largest absolute Gasteiger partial charge is 0.438 e. The molecule has 5 nitrogen and oxygen atoms in total. The minimum atomic E-state index is -0.0161. The number of para-hydroxylation sites is 1. The lowest BCUT2D eigenvalue weighted by Crippen LogP contribution is -2.16. The summed E-state index contributed by atoms with van der Waals surface area (Å²) in [5, 5.41) is 12.0. The molecule has 0 saturated carbocycles. The molecule has 0 unspecified atom stereocenters. The van der Waals surface area contributed by atoms with E-state index in [1.807, 2.05) is 31.2 Å². The molecule has 0 aliphatic rings. The zero-order chi connectivity index (χ0) is 15.4. The summed E-state index contributed by atoms with van der Waals surface area (Å²) in [6.45, 7) is 6.04. The van der Waals surface area contributed by atoms with Crippen molar-refractivity contribution in [3.8, 4) is 11.6 Å². The van der Waals surface area contributed by atoms with Crippen LogP contribution in [0.2, 0.25) is 0 Å². The Morgan fingerprint density at radius 1 is 1.29 bits per heavy atom. The Morgan fingerprint density at radius 2 is 2.00 bits per heavy atom. The highest BCUT2D eigenvalue weighted by Gasteiger charge is 2.16. The number of hydrogen-bond acceptors (Lipinski definition) is 4. The molecule has 1 aromatic carbocycles. The monoisotopic (exact) mass is 285 g/mol. The summed E-state index contributed by atoms with van der Waals surface area (Å²) < 4.78 is 5.92. The number of nitrogens with two attached hydrogens (primary N) is 1. The summed E-state index contributed by atoms with van der Waals surface area (Å²) >= 11 is 0. The third-order valence-electron chi connectivity index (χ3n) is 3.24. The van der Waals surface area contributed by atoms with Crippen LogP contribution in [0.5, 0.6) is 11.6 Å². The number of pyridine rings is 1. The fraction of sp³-hybridized carbons (Fsp3) is 0.250. The first kappa shape index (κ1) is 14.8. The standard InChI is InChI=1S/C16H19N3O2/c1-10(2)12-6-4-5-7-13(12)21-16-14(15(17)19-20)11(3)8-9-18-16/h4-10,20H,1-3H3,(H2,17,19). The van der Waals surface area contributed by atoms with Gasteiger partial charge >= 0.3 is 0 Å². The highest BCUT2D eigenvalue weighted by molar-refractivity contribution is 6.00. The van der Waals surface area contributed by atoms with Gasteiger partial charge in [0, 0.05) is 6.20 Å². The fourth-order valence-electron chi connectivity index (χ4n) is 2.13. The van der Waals surface area contributed by atoms with Gasteiger partial charge in [0.1, 0.15) is 5.75 Å². The zero-order valence-corrected chi connectivity index (χ0v) is 12.4. The molecular formula is C16H19N3O2. The Balaban J connectivity index is 2.48. The van der Waals surface area contributed by atoms with E-state index in [9.17, 15) is 0 Å². The van der Waals surface area contributed by atoms with Crippen molar-refractivity contribution >= 4 is 5.84 Å². The smallest absolute Gasteiger partial charge is 0.230 e. The molecular weight excluding hydrogens is 266 g/mol. The van der Waals surface area contributed by atoms with Crippen molar-refractivity contribution in [1.29, 1.82) is 0 Å². The van der Waals surface area contributed by atoms with Gasteiger partial charge in [-0.05, 0) is 36.1 Å². The van der Waals surface area contributed by atoms with Crippen LogP contribution in [0.25, 0.3) is 0 Å². The minimum Gasteiger partial charge on any atom is -0.438 e. The Labute approximate surface area is 124 Å². The average Bonchev–Trinajstić information content (AvgIpc) is 2.47. The van der Waals surface area contributed by atoms with Crippen LogP contribution >= 0.6 is 0 Å². The van der Waals surface area contributed by atoms with Gasteiger partial charge in [0.05, 0.1) is 5.56 Å². The topological polar surface area (TPSA) is 80.7 Å². The number of benzene rings is 1. The van der Waals surface area contributed by atoms with Crippen LogP contribution in [0.4, 0.5) is 0 Å². The lowest BCUT2D eigenvalue weighted by molar-refractivity contribution is 0.318. The maximum atomic E-state index is 8.93. The van der Waals surface area contributed by atoms with Gasteiger partial charge in [0.2, 0.25) is 5.88 Å². The van der Waals surface area contributed by atoms with Gasteiger partial charge in [-0.2, -0.15) is 0 Å². The number of rotatable bonds is 4. The fourth-order valence-corrected chi connectivity index (χ4v) is 2.13. The summed E-state index contributed by atoms with van der Waals surface area (Å²) in [4.78, 5) is 4.21. The van der Waals surface area contributed by atoms with Gasteiger partial charge in [0.25, 0.3) is 0 Å². The Kier molecular flexibility index (Phi) is 4.42. The van der Waals surface area contributed by atoms with E-state index in [1.54, 1.807) is 12.3 Å². The lowest BCUT2D eigenvalue weighted by Gasteiger charge is -2.15. The zero-order valence-electron chi connectivity index (χ0n) is 12.4. The SMILES string of the molecule is Cc1ccnc(Oc2ccccc2C(C)C)c1/C(N)=N/O. The second kappa shape index (κ2) is 6.26. The number of aromatic nitrogens is 1. The number of hydrogen-bond donors (Lipinski definition) is 2. The maximum Gasteiger partial charge on any atom is 0.230 e. The van der Waals surface area contributed by atoms with Crippen LogP contribution in [0.15, 0.2) is 41.7 Å². The van der Waals surface area contributed by atoms with Gasteiger partial charge in [0.15, 0.2) is 5.84 Å². The number of aryl methyl sites for hydroxylation is 1. The molecule has 0 aliphatic heterocycles. The predicted octanol–water partition coefficient (Wildman–Crippen LogP) is 3.40. The van der Waals surface area contributed by atoms with Crippen LogP contribution in [-0.4, -0.2) is 16.0 Å². The molecule has 1 aromatic heterocycles. The van der Waals surface area contributed by atoms with E-state index in [1.165, 1.54) is 0 Å². The van der Waals surface area contributed by atoms with Crippen molar-refractivity contribution in [3.63, 3.8) is 0 Å². The van der Waals surface area contributed by atoms with Crippen molar-refractivity contribution in [1.82, 2.24) is 4.98 Å². The molecule has 2 aromatic rings. The van der Waals surface area contributed by atoms with Gasteiger partial charge in [-0.3, -0.25) is 0 Å². The third-order valence-corrected chi connectivity index (χ3v) is 3.24. The first-order valence-corrected chi connectivity index (χ1v) is 6.75. The molecule has 3 N–H and O–H groups in total. The van der Waals surface area contributed by atoms with Crippen LogP contribution in [-0.2, 0) is 0 Å². The predicted molar refractivity (Wildman–Crippen MR) is 82.1 cm³/mol. The maximum absolute atomic E-state index is 8.93. The highest BCUT2D eigenvalue weighted by atomic mass is 16.5. The molecule has 0 aliphatic carbocycles. The summed E-state index contributed by atoms with van der Waals surface area (Å²) in [5.41, 5.74) is 8.13. The Hall–Kier alpha value is -2.56. The molecule has 0 radical (unpaired) electrons. The Morgan fingerprint density at radius 3 is 2.67 bits per heavy atom. The van der Waals surface area contributed by atoms with Crippen molar-refractivity contribution in [3.05, 3.63) is 53.2 Å². The van der Waals surface area contributed by atoms with Gasteiger partial charge < -0.3 is 15.7 Å². The van der Waals surface area contributed by atoms with E-state index in [4.69, 9.17) is 15.7 Å². The first-order chi connectivity index (χ1) is 10.0. The molecule has 0 bridgehead atoms. The van der Waals surface area contributed by atoms with E-state index in [-0.39, 0.29) is 5.84 Å². The molecule has 0 fully saturated rings. The van der Waals surface area contributed by atoms with Crippen LogP contribution in [0.1, 0.15) is 36.5 Å². The molecule has 0 spiro atoms. The minimum absolute atomic E-state index is 0.0161. The molecule has 0 saturated heterocycles. The molecule has 0 amide bonds. The molecule has 21 heavy (non-hydrogen) atoms. The van der Waals surface area contributed by atoms with Crippen molar-refractivity contribution in [2.75, 3.05) is 0 Å². The second-order valence-corrected chi connectivity index (χ2v) is 5.09. The van der Waals surface area contributed by atoms with Crippen LogP contribution in [0.3, 0.4) is 0 Å². The number of amidine groups is 1. The van der Waals surface area contributed by atoms with Crippen LogP contribution in [0, 0.1) is 6.92 Å². The van der Waals surface area contributed by atoms with Gasteiger partial charge in [-0.25, -0.2) is 4.98 Å². The van der Waals surface area contributed by atoms with Gasteiger partial charge in [-0.1, -0.05) is 37.2 Å². The summed E-state index contributed by atoms with van der Waals surface area (Å²) in [6.07, 6.45) is 1.64. The first-order valence-electron chi connectivity index (χ1n) is 6.75. The van der Waals surface area contributed by atoms with Gasteiger partial charge in [-0.15, -0.1) is 0 Å². The van der Waals surface area contributed by atoms with E-state index >= 15 is 0 Å². The van der Waals surface area contributed by atoms with E-state index in [0.717, 1.165) is 16.9 Å². The van der Waals surface area contributed by atoms with Crippen molar-refractivity contribution in [2.24, 2.45) is 10.9 Å². The summed E-state index contributed by atoms with van der Waals surface area (Å²) in [6, 6.07) is 9.56. The molecule has 5 heteroatoms. The van der Waals surface area contributed by atoms with E-state index < -0.39 is 0 Å². The normalized spacial score (nSPS) is 11.7. The van der Waals surface area contributed by atoms with E-state index in [2.05, 4.69) is 24.0 Å². The second-order valence-electron chi connectivity index (χ2n) is 5.09. The lowest BCUT2D eigenvalue weighted by atomic mass is 10.0. The van der Waals surface area contributed by atoms with Crippen molar-refractivity contribution in [2.45, 2.75) is 26.7 Å². The third kappa shape index (κ3) is 3.13. The molecule has 110 valence electrons. The van der Waals surface area contributed by atoms with Crippen LogP contribution < -0.4 is 10.5 Å². The van der Waals surface area contributed by atoms with E-state index in [0.29, 0.717) is 17.4 Å². The Bertz CT molecular complexity index is 666. The number of nitrogens with zero attached hydrogens (tertiary/aromatic N) is 2. The highest BCUT2D eigenvalue weighted by Crippen LogP contribution is 2.31. The quantitative estimate of drug-likeness (QED) is 0.390. The summed E-state index contributed by atoms with van der Waals surface area (Å²) in [7, 11) is 0. The average molecular weight is 285 g/mol. The number of oxime groups is 1. The molecule has 0 atom stereocenters.